The number of hydrogen-bond acceptors (Lipinski definition) is 5. The number of rotatable bonds is 6. The first-order chi connectivity index (χ1) is 16.8. The number of methoxy groups -OCH3 is 3. The lowest BCUT2D eigenvalue weighted by Gasteiger charge is -2.40. The van der Waals surface area contributed by atoms with E-state index in [0.29, 0.717) is 33.5 Å². The van der Waals surface area contributed by atoms with E-state index in [2.05, 4.69) is 5.32 Å². The normalized spacial score (nSPS) is 17.0. The van der Waals surface area contributed by atoms with E-state index in [1.54, 1.807) is 49.5 Å². The van der Waals surface area contributed by atoms with Crippen LogP contribution in [0.15, 0.2) is 54.6 Å². The van der Waals surface area contributed by atoms with Gasteiger partial charge in [0, 0.05) is 23.2 Å². The fourth-order valence-corrected chi connectivity index (χ4v) is 4.60. The zero-order chi connectivity index (χ0) is 25.3. The minimum absolute atomic E-state index is 0.210. The molecule has 0 radical (unpaired) electrons. The van der Waals surface area contributed by atoms with Crippen molar-refractivity contribution < 1.29 is 28.2 Å². The van der Waals surface area contributed by atoms with E-state index in [4.69, 9.17) is 25.8 Å². The number of amides is 2. The molecule has 0 bridgehead atoms. The number of likely N-dealkylation sites (N-methyl/N-ethyl adjacent to an activating group) is 1. The van der Waals surface area contributed by atoms with Crippen molar-refractivity contribution in [1.29, 1.82) is 0 Å². The average Bonchev–Trinajstić information content (AvgIpc) is 2.85. The number of fused-ring (bicyclic) bond motifs is 1. The zero-order valence-corrected chi connectivity index (χ0v) is 20.4. The maximum atomic E-state index is 15.0. The molecule has 9 heteroatoms. The van der Waals surface area contributed by atoms with E-state index in [9.17, 15) is 14.0 Å². The summed E-state index contributed by atoms with van der Waals surface area (Å²) < 4.78 is 31.2. The zero-order valence-electron chi connectivity index (χ0n) is 19.6. The summed E-state index contributed by atoms with van der Waals surface area (Å²) in [6.07, 6.45) is 0. The Morgan fingerprint density at radius 3 is 2.26 bits per heavy atom. The molecule has 0 saturated carbocycles. The molecule has 35 heavy (non-hydrogen) atoms. The Bertz CT molecular complexity index is 1300. The van der Waals surface area contributed by atoms with Crippen LogP contribution in [-0.4, -0.2) is 45.1 Å². The molecule has 0 aromatic heterocycles. The minimum Gasteiger partial charge on any atom is -0.495 e. The maximum Gasteiger partial charge on any atom is 0.254 e. The molecule has 0 fully saturated rings. The number of hydrogen-bond donors (Lipinski definition) is 1. The van der Waals surface area contributed by atoms with Gasteiger partial charge in [0.25, 0.3) is 5.91 Å². The molecule has 0 saturated heterocycles. The fourth-order valence-electron chi connectivity index (χ4n) is 4.42. The molecule has 0 spiro atoms. The van der Waals surface area contributed by atoms with Crippen LogP contribution < -0.4 is 19.5 Å². The van der Waals surface area contributed by atoms with Gasteiger partial charge in [-0.05, 0) is 42.0 Å². The number of ether oxygens (including phenoxy) is 3. The number of carbonyl (C=O) groups is 2. The third-order valence-corrected chi connectivity index (χ3v) is 6.34. The maximum absolute atomic E-state index is 15.0. The molecule has 3 aromatic carbocycles. The van der Waals surface area contributed by atoms with Gasteiger partial charge < -0.3 is 24.4 Å². The largest absolute Gasteiger partial charge is 0.495 e. The summed E-state index contributed by atoms with van der Waals surface area (Å²) in [4.78, 5) is 28.6. The van der Waals surface area contributed by atoms with Crippen molar-refractivity contribution in [2.24, 2.45) is 0 Å². The second kappa shape index (κ2) is 9.84. The summed E-state index contributed by atoms with van der Waals surface area (Å²) in [6, 6.07) is 13.1. The Labute approximate surface area is 207 Å². The van der Waals surface area contributed by atoms with Gasteiger partial charge in [0.05, 0.1) is 39.0 Å². The smallest absolute Gasteiger partial charge is 0.254 e. The van der Waals surface area contributed by atoms with Crippen LogP contribution >= 0.6 is 11.6 Å². The predicted octanol–water partition coefficient (Wildman–Crippen LogP) is 5.05. The minimum atomic E-state index is -0.993. The van der Waals surface area contributed by atoms with Crippen LogP contribution in [0.25, 0.3) is 0 Å². The molecule has 3 aromatic rings. The molecule has 2 amide bonds. The molecular weight excluding hydrogens is 475 g/mol. The Morgan fingerprint density at radius 2 is 1.60 bits per heavy atom. The number of anilines is 1. The van der Waals surface area contributed by atoms with Gasteiger partial charge in [0.1, 0.15) is 11.6 Å². The van der Waals surface area contributed by atoms with Gasteiger partial charge in [-0.3, -0.25) is 9.59 Å². The van der Waals surface area contributed by atoms with Crippen LogP contribution in [0.4, 0.5) is 10.1 Å². The van der Waals surface area contributed by atoms with Gasteiger partial charge in [-0.2, -0.15) is 0 Å². The van der Waals surface area contributed by atoms with Crippen LogP contribution in [0.5, 0.6) is 17.2 Å². The first-order valence-electron chi connectivity index (χ1n) is 10.7. The highest BCUT2D eigenvalue weighted by Crippen LogP contribution is 2.46. The second-order valence-corrected chi connectivity index (χ2v) is 8.42. The SMILES string of the molecule is COc1ccc(Cl)cc1NC(=O)[C@@H]1c2cc(OC)c(OC)cc2C(=O)N(C)[C@@H]1c1ccccc1F. The standard InChI is InChI=1S/C26H24ClFN2O5/c1-30-24(15-7-5-6-8-18(15)28)23(25(31)29-19-11-14(27)9-10-20(19)33-2)16-12-21(34-3)22(35-4)13-17(16)26(30)32/h5-13,23-24H,1-4H3,(H,29,31)/t23-,24-/m1/s1. The van der Waals surface area contributed by atoms with Gasteiger partial charge in [-0.25, -0.2) is 4.39 Å². The lowest BCUT2D eigenvalue weighted by atomic mass is 9.79. The first kappa shape index (κ1) is 24.3. The summed E-state index contributed by atoms with van der Waals surface area (Å²) in [5, 5.41) is 3.25. The van der Waals surface area contributed by atoms with E-state index >= 15 is 0 Å². The predicted molar refractivity (Wildman–Crippen MR) is 130 cm³/mol. The van der Waals surface area contributed by atoms with E-state index < -0.39 is 23.7 Å². The van der Waals surface area contributed by atoms with E-state index in [1.165, 1.54) is 38.4 Å². The Kier molecular flexibility index (Phi) is 6.84. The molecule has 1 heterocycles. The monoisotopic (exact) mass is 498 g/mol. The quantitative estimate of drug-likeness (QED) is 0.514. The van der Waals surface area contributed by atoms with Crippen molar-refractivity contribution in [2.45, 2.75) is 12.0 Å². The molecule has 4 rings (SSSR count). The van der Waals surface area contributed by atoms with Gasteiger partial charge >= 0.3 is 0 Å². The summed E-state index contributed by atoms with van der Waals surface area (Å²) in [5.41, 5.74) is 1.20. The molecule has 2 atom stereocenters. The Hall–Kier alpha value is -3.78. The number of nitrogens with one attached hydrogen (secondary N) is 1. The third kappa shape index (κ3) is 4.37. The summed E-state index contributed by atoms with van der Waals surface area (Å²) in [7, 11) is 5.93. The van der Waals surface area contributed by atoms with Gasteiger partial charge in [0.2, 0.25) is 5.91 Å². The van der Waals surface area contributed by atoms with Crippen molar-refractivity contribution in [3.05, 3.63) is 82.1 Å². The van der Waals surface area contributed by atoms with E-state index in [1.807, 2.05) is 0 Å². The second-order valence-electron chi connectivity index (χ2n) is 7.99. The molecule has 1 aliphatic heterocycles. The van der Waals surface area contributed by atoms with Crippen molar-refractivity contribution in [1.82, 2.24) is 4.90 Å². The van der Waals surface area contributed by atoms with Crippen molar-refractivity contribution in [3.8, 4) is 17.2 Å². The highest BCUT2D eigenvalue weighted by atomic mass is 35.5. The fraction of sp³-hybridized carbons (Fsp3) is 0.231. The average molecular weight is 499 g/mol. The van der Waals surface area contributed by atoms with E-state index in [0.717, 1.165) is 0 Å². The first-order valence-corrected chi connectivity index (χ1v) is 11.1. The molecule has 1 aliphatic rings. The van der Waals surface area contributed by atoms with Crippen LogP contribution in [0, 0.1) is 5.82 Å². The summed E-state index contributed by atoms with van der Waals surface area (Å²) >= 11 is 6.14. The Balaban J connectivity index is 1.91. The molecule has 0 unspecified atom stereocenters. The van der Waals surface area contributed by atoms with Crippen molar-refractivity contribution in [2.75, 3.05) is 33.7 Å². The third-order valence-electron chi connectivity index (χ3n) is 6.10. The van der Waals surface area contributed by atoms with E-state index in [-0.39, 0.29) is 17.0 Å². The molecule has 182 valence electrons. The number of carbonyl (C=O) groups excluding carboxylic acids is 2. The number of nitrogens with zero attached hydrogens (tertiary/aromatic N) is 1. The highest BCUT2D eigenvalue weighted by molar-refractivity contribution is 6.31. The number of halogens is 2. The number of benzene rings is 3. The van der Waals surface area contributed by atoms with Crippen molar-refractivity contribution >= 4 is 29.1 Å². The summed E-state index contributed by atoms with van der Waals surface area (Å²) in [6.45, 7) is 0. The van der Waals surface area contributed by atoms with Crippen molar-refractivity contribution in [3.63, 3.8) is 0 Å². The van der Waals surface area contributed by atoms with Gasteiger partial charge in [0.15, 0.2) is 11.5 Å². The van der Waals surface area contributed by atoms with Crippen LogP contribution in [0.2, 0.25) is 5.02 Å². The molecular formula is C26H24ClFN2O5. The lowest BCUT2D eigenvalue weighted by Crippen LogP contribution is -2.44. The summed E-state index contributed by atoms with van der Waals surface area (Å²) in [5.74, 6) is -1.29. The molecule has 1 N–H and O–H groups in total. The highest BCUT2D eigenvalue weighted by Gasteiger charge is 2.44. The van der Waals surface area contributed by atoms with Crippen LogP contribution in [0.1, 0.15) is 33.4 Å². The topological polar surface area (TPSA) is 77.1 Å². The molecule has 7 nitrogen and oxygen atoms in total. The lowest BCUT2D eigenvalue weighted by molar-refractivity contribution is -0.119. The van der Waals surface area contributed by atoms with Gasteiger partial charge in [-0.1, -0.05) is 29.8 Å². The van der Waals surface area contributed by atoms with Gasteiger partial charge in [-0.15, -0.1) is 0 Å². The Morgan fingerprint density at radius 1 is 0.943 bits per heavy atom. The van der Waals surface area contributed by atoms with Crippen LogP contribution in [0.3, 0.4) is 0 Å². The molecule has 0 aliphatic carbocycles. The van der Waals surface area contributed by atoms with Crippen LogP contribution in [-0.2, 0) is 4.79 Å².